The van der Waals surface area contributed by atoms with Crippen molar-refractivity contribution in [1.82, 2.24) is 5.32 Å². The predicted molar refractivity (Wildman–Crippen MR) is 134 cm³/mol. The lowest BCUT2D eigenvalue weighted by Gasteiger charge is -2.13. The molecule has 0 aromatic rings. The maximum atomic E-state index is 11.8. The summed E-state index contributed by atoms with van der Waals surface area (Å²) < 4.78 is 0. The third-order valence-electron chi connectivity index (χ3n) is 5.01. The van der Waals surface area contributed by atoms with E-state index >= 15 is 0 Å². The molecule has 0 aliphatic carbocycles. The Bertz CT molecular complexity index is 649. The normalized spacial score (nSPS) is 12.9. The highest BCUT2D eigenvalue weighted by Gasteiger charge is 2.20. The molecule has 0 radical (unpaired) electrons. The van der Waals surface area contributed by atoms with Crippen molar-refractivity contribution in [2.75, 3.05) is 0 Å². The fraction of sp³-hybridized carbons (Fsp3) is 0.593. The van der Waals surface area contributed by atoms with Gasteiger partial charge in [0.15, 0.2) is 0 Å². The van der Waals surface area contributed by atoms with Crippen molar-refractivity contribution in [3.63, 3.8) is 0 Å². The number of hydrogen-bond donors (Lipinski definition) is 3. The van der Waals surface area contributed by atoms with Crippen LogP contribution >= 0.6 is 0 Å². The SMILES string of the molecule is CCCCCCCC=CCC=CCC=CCC=CCCCC(=O)N[C@@H](CCC(=O)O)C(=O)O. The molecule has 0 aromatic heterocycles. The lowest BCUT2D eigenvalue weighted by atomic mass is 10.1. The summed E-state index contributed by atoms with van der Waals surface area (Å²) in [6, 6.07) is -1.15. The lowest BCUT2D eigenvalue weighted by Crippen LogP contribution is -2.41. The van der Waals surface area contributed by atoms with Gasteiger partial charge in [-0.1, -0.05) is 81.2 Å². The number of nitrogens with one attached hydrogen (secondary N) is 1. The Morgan fingerprint density at radius 2 is 1.21 bits per heavy atom. The molecule has 3 N–H and O–H groups in total. The summed E-state index contributed by atoms with van der Waals surface area (Å²) in [6.45, 7) is 2.24. The van der Waals surface area contributed by atoms with Gasteiger partial charge in [-0.3, -0.25) is 9.59 Å². The van der Waals surface area contributed by atoms with Gasteiger partial charge in [0.05, 0.1) is 0 Å². The Morgan fingerprint density at radius 1 is 0.697 bits per heavy atom. The largest absolute Gasteiger partial charge is 0.481 e. The Hall–Kier alpha value is -2.63. The zero-order chi connectivity index (χ0) is 24.6. The van der Waals surface area contributed by atoms with Crippen LogP contribution < -0.4 is 5.32 Å². The quantitative estimate of drug-likeness (QED) is 0.137. The Labute approximate surface area is 199 Å². The van der Waals surface area contributed by atoms with Gasteiger partial charge in [0.25, 0.3) is 0 Å². The number of aliphatic carboxylic acids is 2. The first kappa shape index (κ1) is 30.4. The highest BCUT2D eigenvalue weighted by molar-refractivity contribution is 5.83. The number of amides is 1. The van der Waals surface area contributed by atoms with Crippen LogP contribution in [0.1, 0.15) is 96.8 Å². The van der Waals surface area contributed by atoms with E-state index in [4.69, 9.17) is 10.2 Å². The first-order chi connectivity index (χ1) is 16.0. The maximum absolute atomic E-state index is 11.8. The van der Waals surface area contributed by atoms with Crippen LogP contribution in [0.4, 0.5) is 0 Å². The Balaban J connectivity index is 3.72. The maximum Gasteiger partial charge on any atom is 0.326 e. The molecule has 0 unspecified atom stereocenters. The number of carboxylic acid groups (broad SMARTS) is 2. The molecule has 6 nitrogen and oxygen atoms in total. The molecule has 0 aliphatic rings. The van der Waals surface area contributed by atoms with Crippen molar-refractivity contribution in [2.45, 2.75) is 103 Å². The second-order valence-corrected chi connectivity index (χ2v) is 8.08. The van der Waals surface area contributed by atoms with Gasteiger partial charge in [0.2, 0.25) is 5.91 Å². The molecule has 0 saturated heterocycles. The molecule has 1 amide bonds. The van der Waals surface area contributed by atoms with Crippen LogP contribution in [-0.2, 0) is 14.4 Å². The molecule has 0 aliphatic heterocycles. The fourth-order valence-electron chi connectivity index (χ4n) is 3.09. The number of carboxylic acids is 2. The highest BCUT2D eigenvalue weighted by Crippen LogP contribution is 2.06. The first-order valence-corrected chi connectivity index (χ1v) is 12.3. The van der Waals surface area contributed by atoms with Gasteiger partial charge in [-0.15, -0.1) is 0 Å². The van der Waals surface area contributed by atoms with Gasteiger partial charge in [-0.2, -0.15) is 0 Å². The second-order valence-electron chi connectivity index (χ2n) is 8.08. The van der Waals surface area contributed by atoms with Crippen LogP contribution in [0, 0.1) is 0 Å². The van der Waals surface area contributed by atoms with Crippen LogP contribution in [0.25, 0.3) is 0 Å². The summed E-state index contributed by atoms with van der Waals surface area (Å²) in [5.74, 6) is -2.66. The average Bonchev–Trinajstić information content (AvgIpc) is 2.77. The molecule has 0 fully saturated rings. The molecule has 0 heterocycles. The van der Waals surface area contributed by atoms with Gasteiger partial charge in [0.1, 0.15) is 6.04 Å². The van der Waals surface area contributed by atoms with E-state index in [2.05, 4.69) is 48.7 Å². The molecule has 1 atom stereocenters. The van der Waals surface area contributed by atoms with Crippen LogP contribution in [0.3, 0.4) is 0 Å². The molecule has 6 heteroatoms. The smallest absolute Gasteiger partial charge is 0.326 e. The van der Waals surface area contributed by atoms with Crippen molar-refractivity contribution in [1.29, 1.82) is 0 Å². The number of rotatable bonds is 21. The molecular weight excluding hydrogens is 418 g/mol. The number of hydrogen-bond acceptors (Lipinski definition) is 3. The van der Waals surface area contributed by atoms with Gasteiger partial charge < -0.3 is 15.5 Å². The number of allylic oxidation sites excluding steroid dienone is 8. The van der Waals surface area contributed by atoms with Crippen LogP contribution in [0.2, 0.25) is 0 Å². The van der Waals surface area contributed by atoms with Crippen molar-refractivity contribution >= 4 is 17.8 Å². The summed E-state index contributed by atoms with van der Waals surface area (Å²) in [7, 11) is 0. The third-order valence-corrected chi connectivity index (χ3v) is 5.01. The van der Waals surface area contributed by atoms with Gasteiger partial charge in [0, 0.05) is 12.8 Å². The monoisotopic (exact) mass is 461 g/mol. The van der Waals surface area contributed by atoms with Crippen LogP contribution in [0.15, 0.2) is 48.6 Å². The predicted octanol–water partition coefficient (Wildman–Crippen LogP) is 6.35. The van der Waals surface area contributed by atoms with Crippen LogP contribution in [-0.4, -0.2) is 34.1 Å². The molecule has 33 heavy (non-hydrogen) atoms. The zero-order valence-corrected chi connectivity index (χ0v) is 20.2. The minimum absolute atomic E-state index is 0.117. The van der Waals surface area contributed by atoms with Gasteiger partial charge in [-0.25, -0.2) is 4.79 Å². The highest BCUT2D eigenvalue weighted by atomic mass is 16.4. The minimum atomic E-state index is -1.21. The standard InChI is InChI=1S/C27H43NO5/c1-2-3-4-5-6-7-8-9-10-11-12-13-14-15-16-17-18-19-20-21-25(29)28-24(27(32)33)22-23-26(30)31/h8-9,11-12,14-15,17-18,24H,2-7,10,13,16,19-23H2,1H3,(H,28,29)(H,30,31)(H,32,33)/t24-/m0/s1. The van der Waals surface area contributed by atoms with E-state index in [1.165, 1.54) is 38.5 Å². The third kappa shape index (κ3) is 22.4. The van der Waals surface area contributed by atoms with Crippen LogP contribution in [0.5, 0.6) is 0 Å². The molecule has 0 rings (SSSR count). The Kier molecular flexibility index (Phi) is 20.8. The second kappa shape index (κ2) is 22.6. The fourth-order valence-corrected chi connectivity index (χ4v) is 3.09. The minimum Gasteiger partial charge on any atom is -0.481 e. The summed E-state index contributed by atoms with van der Waals surface area (Å²) in [6.07, 6.45) is 28.9. The Morgan fingerprint density at radius 3 is 1.73 bits per heavy atom. The van der Waals surface area contributed by atoms with E-state index in [0.29, 0.717) is 6.42 Å². The van der Waals surface area contributed by atoms with Crippen molar-refractivity contribution < 1.29 is 24.6 Å². The van der Waals surface area contributed by atoms with Crippen molar-refractivity contribution in [2.24, 2.45) is 0 Å². The van der Waals surface area contributed by atoms with E-state index in [-0.39, 0.29) is 25.2 Å². The molecule has 0 spiro atoms. The van der Waals surface area contributed by atoms with Gasteiger partial charge in [-0.05, 0) is 51.4 Å². The molecule has 0 bridgehead atoms. The molecule has 0 aromatic carbocycles. The van der Waals surface area contributed by atoms with Gasteiger partial charge >= 0.3 is 11.9 Å². The van der Waals surface area contributed by atoms with E-state index in [1.807, 2.05) is 12.2 Å². The van der Waals surface area contributed by atoms with E-state index in [0.717, 1.165) is 25.7 Å². The van der Waals surface area contributed by atoms with E-state index in [1.54, 1.807) is 0 Å². The lowest BCUT2D eigenvalue weighted by molar-refractivity contribution is -0.143. The molecule has 0 saturated carbocycles. The van der Waals surface area contributed by atoms with Crippen molar-refractivity contribution in [3.05, 3.63) is 48.6 Å². The zero-order valence-electron chi connectivity index (χ0n) is 20.2. The molecule has 186 valence electrons. The number of unbranched alkanes of at least 4 members (excludes halogenated alkanes) is 6. The first-order valence-electron chi connectivity index (χ1n) is 12.3. The summed E-state index contributed by atoms with van der Waals surface area (Å²) in [5, 5.41) is 20.1. The summed E-state index contributed by atoms with van der Waals surface area (Å²) in [4.78, 5) is 33.4. The summed E-state index contributed by atoms with van der Waals surface area (Å²) >= 11 is 0. The van der Waals surface area contributed by atoms with Crippen molar-refractivity contribution in [3.8, 4) is 0 Å². The number of carbonyl (C=O) groups excluding carboxylic acids is 1. The topological polar surface area (TPSA) is 104 Å². The number of carbonyl (C=O) groups is 3. The van der Waals surface area contributed by atoms with E-state index < -0.39 is 18.0 Å². The summed E-state index contributed by atoms with van der Waals surface area (Å²) in [5.41, 5.74) is 0. The average molecular weight is 462 g/mol. The van der Waals surface area contributed by atoms with E-state index in [9.17, 15) is 14.4 Å². The molecular formula is C27H43NO5.